The van der Waals surface area contributed by atoms with Crippen molar-refractivity contribution in [2.75, 3.05) is 0 Å². The van der Waals surface area contributed by atoms with Gasteiger partial charge in [-0.2, -0.15) is 0 Å². The molecule has 4 heteroatoms. The van der Waals surface area contributed by atoms with Crippen LogP contribution in [0.2, 0.25) is 0 Å². The summed E-state index contributed by atoms with van der Waals surface area (Å²) in [5.41, 5.74) is 1.71. The molecule has 2 heterocycles. The van der Waals surface area contributed by atoms with Gasteiger partial charge in [-0.15, -0.1) is 11.3 Å². The third-order valence-electron chi connectivity index (χ3n) is 2.68. The number of nitrogens with zero attached hydrogens (tertiary/aromatic N) is 2. The highest BCUT2D eigenvalue weighted by Crippen LogP contribution is 2.16. The van der Waals surface area contributed by atoms with Crippen molar-refractivity contribution in [3.63, 3.8) is 0 Å². The predicted octanol–water partition coefficient (Wildman–Crippen LogP) is 3.16. The van der Waals surface area contributed by atoms with Gasteiger partial charge in [0.1, 0.15) is 0 Å². The van der Waals surface area contributed by atoms with Crippen molar-refractivity contribution in [1.29, 1.82) is 0 Å². The van der Waals surface area contributed by atoms with Gasteiger partial charge >= 0.3 is 0 Å². The monoisotopic (exact) mass is 254 g/mol. The molecule has 18 heavy (non-hydrogen) atoms. The van der Waals surface area contributed by atoms with E-state index in [1.807, 2.05) is 52.5 Å². The Morgan fingerprint density at radius 1 is 1.17 bits per heavy atom. The lowest BCUT2D eigenvalue weighted by Gasteiger charge is -2.03. The summed E-state index contributed by atoms with van der Waals surface area (Å²) in [4.78, 5) is 16.9. The molecule has 0 aliphatic carbocycles. The Balaban J connectivity index is 1.90. The lowest BCUT2D eigenvalue weighted by Crippen LogP contribution is -1.99. The SMILES string of the molecule is O=C(c1ccc(-n2ccnc2)cc1)c1cccs1. The first-order valence-electron chi connectivity index (χ1n) is 5.51. The van der Waals surface area contributed by atoms with E-state index in [-0.39, 0.29) is 5.78 Å². The van der Waals surface area contributed by atoms with Crippen LogP contribution in [0.3, 0.4) is 0 Å². The predicted molar refractivity (Wildman–Crippen MR) is 71.3 cm³/mol. The first-order chi connectivity index (χ1) is 8.84. The highest BCUT2D eigenvalue weighted by Gasteiger charge is 2.09. The Labute approximate surface area is 108 Å². The second-order valence-electron chi connectivity index (χ2n) is 3.82. The molecule has 3 aromatic rings. The summed E-state index contributed by atoms with van der Waals surface area (Å²) in [7, 11) is 0. The minimum absolute atomic E-state index is 0.0715. The maximum Gasteiger partial charge on any atom is 0.202 e. The quantitative estimate of drug-likeness (QED) is 0.673. The molecule has 0 amide bonds. The van der Waals surface area contributed by atoms with Crippen molar-refractivity contribution >= 4 is 17.1 Å². The third-order valence-corrected chi connectivity index (χ3v) is 3.55. The number of carbonyl (C=O) groups excluding carboxylic acids is 1. The third kappa shape index (κ3) is 1.98. The topological polar surface area (TPSA) is 34.9 Å². The number of ketones is 1. The molecule has 88 valence electrons. The highest BCUT2D eigenvalue weighted by molar-refractivity contribution is 7.12. The van der Waals surface area contributed by atoms with Crippen LogP contribution < -0.4 is 0 Å². The second-order valence-corrected chi connectivity index (χ2v) is 4.77. The molecule has 0 unspecified atom stereocenters. The molecule has 0 atom stereocenters. The summed E-state index contributed by atoms with van der Waals surface area (Å²) in [6, 6.07) is 11.3. The van der Waals surface area contributed by atoms with Crippen LogP contribution in [0.5, 0.6) is 0 Å². The summed E-state index contributed by atoms with van der Waals surface area (Å²) in [5, 5.41) is 1.91. The molecule has 0 fully saturated rings. The smallest absolute Gasteiger partial charge is 0.202 e. The van der Waals surface area contributed by atoms with E-state index in [0.717, 1.165) is 10.6 Å². The number of rotatable bonds is 3. The van der Waals surface area contributed by atoms with E-state index in [0.29, 0.717) is 5.56 Å². The normalized spacial score (nSPS) is 10.4. The van der Waals surface area contributed by atoms with Crippen LogP contribution in [-0.4, -0.2) is 15.3 Å². The minimum atomic E-state index is 0.0715. The zero-order chi connectivity index (χ0) is 12.4. The van der Waals surface area contributed by atoms with Crippen molar-refractivity contribution in [1.82, 2.24) is 9.55 Å². The fourth-order valence-corrected chi connectivity index (χ4v) is 2.43. The zero-order valence-electron chi connectivity index (χ0n) is 9.48. The van der Waals surface area contributed by atoms with E-state index in [9.17, 15) is 4.79 Å². The van der Waals surface area contributed by atoms with Gasteiger partial charge in [-0.25, -0.2) is 4.98 Å². The van der Waals surface area contributed by atoms with Gasteiger partial charge in [-0.1, -0.05) is 6.07 Å². The highest BCUT2D eigenvalue weighted by atomic mass is 32.1. The van der Waals surface area contributed by atoms with Gasteiger partial charge in [0.25, 0.3) is 0 Å². The number of aromatic nitrogens is 2. The van der Waals surface area contributed by atoms with Crippen LogP contribution in [0.1, 0.15) is 15.2 Å². The Morgan fingerprint density at radius 2 is 2.00 bits per heavy atom. The summed E-state index contributed by atoms with van der Waals surface area (Å²) < 4.78 is 1.90. The second kappa shape index (κ2) is 4.58. The first kappa shape index (κ1) is 10.9. The molecule has 0 radical (unpaired) electrons. The van der Waals surface area contributed by atoms with E-state index in [1.165, 1.54) is 11.3 Å². The molecule has 0 aliphatic rings. The number of carbonyl (C=O) groups is 1. The van der Waals surface area contributed by atoms with Crippen molar-refractivity contribution in [3.8, 4) is 5.69 Å². The number of imidazole rings is 1. The molecule has 3 rings (SSSR count). The van der Waals surface area contributed by atoms with Crippen LogP contribution in [0.15, 0.2) is 60.5 Å². The lowest BCUT2D eigenvalue weighted by molar-refractivity contribution is 0.104. The number of thiophene rings is 1. The molecule has 0 N–H and O–H groups in total. The fraction of sp³-hybridized carbons (Fsp3) is 0. The van der Waals surface area contributed by atoms with Gasteiger partial charge in [-0.05, 0) is 35.7 Å². The summed E-state index contributed by atoms with van der Waals surface area (Å²) in [6.45, 7) is 0. The van der Waals surface area contributed by atoms with Crippen molar-refractivity contribution in [3.05, 3.63) is 70.9 Å². The van der Waals surface area contributed by atoms with E-state index < -0.39 is 0 Å². The molecular weight excluding hydrogens is 244 g/mol. The largest absolute Gasteiger partial charge is 0.306 e. The molecule has 3 nitrogen and oxygen atoms in total. The molecule has 1 aromatic carbocycles. The zero-order valence-corrected chi connectivity index (χ0v) is 10.3. The Kier molecular flexibility index (Phi) is 2.78. The van der Waals surface area contributed by atoms with E-state index in [1.54, 1.807) is 12.5 Å². The maximum atomic E-state index is 12.1. The summed E-state index contributed by atoms with van der Waals surface area (Å²) >= 11 is 1.46. The van der Waals surface area contributed by atoms with E-state index >= 15 is 0 Å². The molecule has 0 spiro atoms. The van der Waals surface area contributed by atoms with Crippen LogP contribution in [0.4, 0.5) is 0 Å². The Bertz CT molecular complexity index is 640. The fourth-order valence-electron chi connectivity index (χ4n) is 1.75. The van der Waals surface area contributed by atoms with Gasteiger partial charge in [-0.3, -0.25) is 4.79 Å². The first-order valence-corrected chi connectivity index (χ1v) is 6.39. The number of benzene rings is 1. The average molecular weight is 254 g/mol. The van der Waals surface area contributed by atoms with Crippen molar-refractivity contribution < 1.29 is 4.79 Å². The van der Waals surface area contributed by atoms with Gasteiger partial charge in [0, 0.05) is 23.6 Å². The maximum absolute atomic E-state index is 12.1. The van der Waals surface area contributed by atoms with Gasteiger partial charge < -0.3 is 4.57 Å². The van der Waals surface area contributed by atoms with Gasteiger partial charge in [0.15, 0.2) is 0 Å². The summed E-state index contributed by atoms with van der Waals surface area (Å²) in [6.07, 6.45) is 5.33. The van der Waals surface area contributed by atoms with E-state index in [2.05, 4.69) is 4.98 Å². The lowest BCUT2D eigenvalue weighted by atomic mass is 10.1. The van der Waals surface area contributed by atoms with Gasteiger partial charge in [0.2, 0.25) is 5.78 Å². The van der Waals surface area contributed by atoms with Gasteiger partial charge in [0.05, 0.1) is 11.2 Å². The van der Waals surface area contributed by atoms with Crippen LogP contribution in [-0.2, 0) is 0 Å². The molecule has 2 aromatic heterocycles. The average Bonchev–Trinajstić information content (AvgIpc) is 3.11. The van der Waals surface area contributed by atoms with Crippen molar-refractivity contribution in [2.24, 2.45) is 0 Å². The minimum Gasteiger partial charge on any atom is -0.306 e. The molecule has 0 aliphatic heterocycles. The molecule has 0 saturated heterocycles. The molecule has 0 saturated carbocycles. The van der Waals surface area contributed by atoms with E-state index in [4.69, 9.17) is 0 Å². The van der Waals surface area contributed by atoms with Crippen LogP contribution in [0, 0.1) is 0 Å². The van der Waals surface area contributed by atoms with Crippen LogP contribution >= 0.6 is 11.3 Å². The Morgan fingerprint density at radius 3 is 2.61 bits per heavy atom. The number of hydrogen-bond acceptors (Lipinski definition) is 3. The summed E-state index contributed by atoms with van der Waals surface area (Å²) in [5.74, 6) is 0.0715. The standard InChI is InChI=1S/C14H10N2OS/c17-14(13-2-1-9-18-13)11-3-5-12(6-4-11)16-8-7-15-10-16/h1-10H. The van der Waals surface area contributed by atoms with Crippen molar-refractivity contribution in [2.45, 2.75) is 0 Å². The Hall–Kier alpha value is -2.20. The van der Waals surface area contributed by atoms with Crippen LogP contribution in [0.25, 0.3) is 5.69 Å². The number of hydrogen-bond donors (Lipinski definition) is 0. The molecular formula is C14H10N2OS. The molecule has 0 bridgehead atoms.